The highest BCUT2D eigenvalue weighted by molar-refractivity contribution is 5.28. The van der Waals surface area contributed by atoms with Crippen molar-refractivity contribution in [3.63, 3.8) is 0 Å². The van der Waals surface area contributed by atoms with E-state index in [1.54, 1.807) is 29.2 Å². The number of hydrogen-bond donors (Lipinski definition) is 1. The fraction of sp³-hybridized carbons (Fsp3) is 0.182. The molecule has 1 aromatic carbocycles. The van der Waals surface area contributed by atoms with Gasteiger partial charge in [-0.3, -0.25) is 4.68 Å². The zero-order valence-electron chi connectivity index (χ0n) is 8.80. The maximum absolute atomic E-state index is 12.6. The third-order valence-corrected chi connectivity index (χ3v) is 2.04. The molecular formula is C11H12FN3O. The SMILES string of the molecule is CC(N)n1cc(Oc2ccc(F)cc2)cn1. The van der Waals surface area contributed by atoms with Crippen LogP contribution in [0, 0.1) is 5.82 Å². The van der Waals surface area contributed by atoms with Crippen molar-refractivity contribution in [1.82, 2.24) is 9.78 Å². The van der Waals surface area contributed by atoms with Crippen molar-refractivity contribution >= 4 is 0 Å². The Kier molecular flexibility index (Phi) is 2.87. The van der Waals surface area contributed by atoms with Gasteiger partial charge in [0, 0.05) is 0 Å². The van der Waals surface area contributed by atoms with E-state index in [9.17, 15) is 4.39 Å². The molecule has 16 heavy (non-hydrogen) atoms. The molecule has 0 bridgehead atoms. The standard InChI is InChI=1S/C11H12FN3O/c1-8(13)15-7-11(6-14-15)16-10-4-2-9(12)3-5-10/h2-8H,13H2,1H3. The maximum atomic E-state index is 12.6. The molecule has 2 rings (SSSR count). The molecular weight excluding hydrogens is 209 g/mol. The molecule has 5 heteroatoms. The minimum Gasteiger partial charge on any atom is -0.454 e. The lowest BCUT2D eigenvalue weighted by atomic mass is 10.3. The number of aromatic nitrogens is 2. The van der Waals surface area contributed by atoms with E-state index in [1.807, 2.05) is 6.92 Å². The van der Waals surface area contributed by atoms with Crippen molar-refractivity contribution in [1.29, 1.82) is 0 Å². The van der Waals surface area contributed by atoms with Crippen LogP contribution in [-0.2, 0) is 0 Å². The number of ether oxygens (including phenoxy) is 1. The van der Waals surface area contributed by atoms with Crippen LogP contribution in [0.3, 0.4) is 0 Å². The second-order valence-corrected chi connectivity index (χ2v) is 3.45. The van der Waals surface area contributed by atoms with Gasteiger partial charge < -0.3 is 10.5 Å². The van der Waals surface area contributed by atoms with Crippen LogP contribution < -0.4 is 10.5 Å². The Morgan fingerprint density at radius 3 is 2.56 bits per heavy atom. The van der Waals surface area contributed by atoms with Crippen LogP contribution in [0.5, 0.6) is 11.5 Å². The van der Waals surface area contributed by atoms with Crippen molar-refractivity contribution in [2.75, 3.05) is 0 Å². The number of halogens is 1. The largest absolute Gasteiger partial charge is 0.454 e. The molecule has 0 spiro atoms. The number of rotatable bonds is 3. The summed E-state index contributed by atoms with van der Waals surface area (Å²) in [6.45, 7) is 1.81. The van der Waals surface area contributed by atoms with E-state index >= 15 is 0 Å². The Morgan fingerprint density at radius 1 is 1.31 bits per heavy atom. The molecule has 0 radical (unpaired) electrons. The summed E-state index contributed by atoms with van der Waals surface area (Å²) in [5.41, 5.74) is 5.64. The first-order valence-electron chi connectivity index (χ1n) is 4.88. The molecule has 1 unspecified atom stereocenters. The summed E-state index contributed by atoms with van der Waals surface area (Å²) in [6, 6.07) is 5.79. The molecule has 2 N–H and O–H groups in total. The lowest BCUT2D eigenvalue weighted by Crippen LogP contribution is -2.14. The number of benzene rings is 1. The molecule has 0 aliphatic carbocycles. The van der Waals surface area contributed by atoms with Gasteiger partial charge in [0.1, 0.15) is 11.6 Å². The minimum atomic E-state index is -0.293. The fourth-order valence-corrected chi connectivity index (χ4v) is 1.23. The maximum Gasteiger partial charge on any atom is 0.165 e. The normalized spacial score (nSPS) is 12.4. The van der Waals surface area contributed by atoms with Gasteiger partial charge in [0.05, 0.1) is 18.6 Å². The molecule has 0 aliphatic heterocycles. The molecule has 0 saturated carbocycles. The molecule has 1 aromatic heterocycles. The van der Waals surface area contributed by atoms with E-state index in [2.05, 4.69) is 5.10 Å². The monoisotopic (exact) mass is 221 g/mol. The average molecular weight is 221 g/mol. The van der Waals surface area contributed by atoms with E-state index < -0.39 is 0 Å². The third-order valence-electron chi connectivity index (χ3n) is 2.04. The Balaban J connectivity index is 2.11. The highest BCUT2D eigenvalue weighted by Gasteiger charge is 2.03. The van der Waals surface area contributed by atoms with E-state index in [-0.39, 0.29) is 12.0 Å². The topological polar surface area (TPSA) is 53.1 Å². The zero-order chi connectivity index (χ0) is 11.5. The first-order chi connectivity index (χ1) is 7.65. The molecule has 0 fully saturated rings. The smallest absolute Gasteiger partial charge is 0.165 e. The van der Waals surface area contributed by atoms with Crippen molar-refractivity contribution < 1.29 is 9.13 Å². The van der Waals surface area contributed by atoms with Crippen LogP contribution >= 0.6 is 0 Å². The summed E-state index contributed by atoms with van der Waals surface area (Å²) in [4.78, 5) is 0. The van der Waals surface area contributed by atoms with Crippen LogP contribution in [0.2, 0.25) is 0 Å². The number of nitrogens with zero attached hydrogens (tertiary/aromatic N) is 2. The second kappa shape index (κ2) is 4.32. The predicted octanol–water partition coefficient (Wildman–Crippen LogP) is 2.29. The predicted molar refractivity (Wildman–Crippen MR) is 57.6 cm³/mol. The lowest BCUT2D eigenvalue weighted by molar-refractivity contribution is 0.472. The molecule has 1 atom stereocenters. The zero-order valence-corrected chi connectivity index (χ0v) is 8.80. The molecule has 0 saturated heterocycles. The van der Waals surface area contributed by atoms with E-state index in [1.165, 1.54) is 12.1 Å². The Hall–Kier alpha value is -1.88. The van der Waals surface area contributed by atoms with Crippen molar-refractivity contribution in [2.45, 2.75) is 13.1 Å². The van der Waals surface area contributed by atoms with Gasteiger partial charge in [0.2, 0.25) is 0 Å². The van der Waals surface area contributed by atoms with Gasteiger partial charge in [0.15, 0.2) is 5.75 Å². The van der Waals surface area contributed by atoms with Crippen LogP contribution in [0.25, 0.3) is 0 Å². The Labute approximate surface area is 92.4 Å². The Bertz CT molecular complexity index is 464. The summed E-state index contributed by atoms with van der Waals surface area (Å²) in [7, 11) is 0. The van der Waals surface area contributed by atoms with E-state index in [0.29, 0.717) is 11.5 Å². The van der Waals surface area contributed by atoms with Crippen molar-refractivity contribution in [3.8, 4) is 11.5 Å². The third kappa shape index (κ3) is 2.38. The molecule has 4 nitrogen and oxygen atoms in total. The summed E-state index contributed by atoms with van der Waals surface area (Å²) in [5.74, 6) is 0.841. The summed E-state index contributed by atoms with van der Waals surface area (Å²) in [5, 5.41) is 4.02. The van der Waals surface area contributed by atoms with Gasteiger partial charge in [-0.15, -0.1) is 0 Å². The highest BCUT2D eigenvalue weighted by Crippen LogP contribution is 2.21. The fourth-order valence-electron chi connectivity index (χ4n) is 1.23. The van der Waals surface area contributed by atoms with Crippen LogP contribution in [-0.4, -0.2) is 9.78 Å². The van der Waals surface area contributed by atoms with Crippen LogP contribution in [0.15, 0.2) is 36.7 Å². The first kappa shape index (κ1) is 10.6. The van der Waals surface area contributed by atoms with Crippen molar-refractivity contribution in [2.24, 2.45) is 5.73 Å². The quantitative estimate of drug-likeness (QED) is 0.865. The molecule has 0 aliphatic rings. The van der Waals surface area contributed by atoms with Gasteiger partial charge in [-0.25, -0.2) is 4.39 Å². The summed E-state index contributed by atoms with van der Waals surface area (Å²) >= 11 is 0. The van der Waals surface area contributed by atoms with Crippen LogP contribution in [0.4, 0.5) is 4.39 Å². The van der Waals surface area contributed by atoms with E-state index in [0.717, 1.165) is 0 Å². The van der Waals surface area contributed by atoms with E-state index in [4.69, 9.17) is 10.5 Å². The molecule has 0 amide bonds. The van der Waals surface area contributed by atoms with Gasteiger partial charge in [0.25, 0.3) is 0 Å². The Morgan fingerprint density at radius 2 is 2.00 bits per heavy atom. The van der Waals surface area contributed by atoms with Crippen molar-refractivity contribution in [3.05, 3.63) is 42.5 Å². The molecule has 2 aromatic rings. The van der Waals surface area contributed by atoms with Gasteiger partial charge in [-0.2, -0.15) is 5.10 Å². The highest BCUT2D eigenvalue weighted by atomic mass is 19.1. The minimum absolute atomic E-state index is 0.203. The number of hydrogen-bond acceptors (Lipinski definition) is 3. The average Bonchev–Trinajstić information content (AvgIpc) is 2.70. The summed E-state index contributed by atoms with van der Waals surface area (Å²) in [6.07, 6.45) is 3.05. The second-order valence-electron chi connectivity index (χ2n) is 3.45. The van der Waals surface area contributed by atoms with Gasteiger partial charge in [-0.05, 0) is 31.2 Å². The van der Waals surface area contributed by atoms with Gasteiger partial charge in [-0.1, -0.05) is 0 Å². The number of nitrogens with two attached hydrogens (primary N) is 1. The molecule has 84 valence electrons. The summed E-state index contributed by atoms with van der Waals surface area (Å²) < 4.78 is 19.7. The lowest BCUT2D eigenvalue weighted by Gasteiger charge is -2.04. The first-order valence-corrected chi connectivity index (χ1v) is 4.88. The van der Waals surface area contributed by atoms with Crippen LogP contribution in [0.1, 0.15) is 13.1 Å². The molecule has 1 heterocycles. The van der Waals surface area contributed by atoms with Gasteiger partial charge >= 0.3 is 0 Å².